The molecule has 132 valence electrons. The van der Waals surface area contributed by atoms with E-state index in [4.69, 9.17) is 5.11 Å². The highest BCUT2D eigenvalue weighted by Crippen LogP contribution is 1.84. The van der Waals surface area contributed by atoms with Gasteiger partial charge in [0, 0.05) is 6.42 Å². The Hall–Kier alpha value is -0.700. The highest BCUT2D eigenvalue weighted by Gasteiger charge is 1.83. The number of hydrogen-bond acceptors (Lipinski definition) is 3. The summed E-state index contributed by atoms with van der Waals surface area (Å²) in [6.07, 6.45) is 7.00. The van der Waals surface area contributed by atoms with Crippen molar-refractivity contribution in [3.05, 3.63) is 0 Å². The van der Waals surface area contributed by atoms with Crippen molar-refractivity contribution >= 4 is 11.6 Å². The van der Waals surface area contributed by atoms with Crippen molar-refractivity contribution in [2.75, 3.05) is 6.61 Å². The number of unbranched alkanes of at least 4 members (excludes halogenated alkanes) is 2. The molecule has 0 aromatic rings. The first-order chi connectivity index (χ1) is 9.87. The maximum Gasteiger partial charge on any atom is 0.155 e. The van der Waals surface area contributed by atoms with E-state index in [-0.39, 0.29) is 18.2 Å². The van der Waals surface area contributed by atoms with Gasteiger partial charge >= 0.3 is 0 Å². The third kappa shape index (κ3) is 146. The number of rotatable bonds is 5. The second-order valence-corrected chi connectivity index (χ2v) is 4.31. The summed E-state index contributed by atoms with van der Waals surface area (Å²) < 4.78 is 0. The molecule has 0 bridgehead atoms. The van der Waals surface area contributed by atoms with Crippen LogP contribution in [0, 0.1) is 0 Å². The largest absolute Gasteiger partial charge is 0.389 e. The monoisotopic (exact) mass is 306 g/mol. The van der Waals surface area contributed by atoms with E-state index in [0.29, 0.717) is 0 Å². The molecule has 3 heteroatoms. The Morgan fingerprint density at radius 3 is 0.905 bits per heavy atom. The van der Waals surface area contributed by atoms with Crippen LogP contribution in [0.1, 0.15) is 101 Å². The number of carbonyl (C=O) groups excluding carboxylic acids is 2. The summed E-state index contributed by atoms with van der Waals surface area (Å²) in [5.41, 5.74) is 0. The minimum absolute atomic E-state index is 0.190. The van der Waals surface area contributed by atoms with Crippen LogP contribution in [-0.4, -0.2) is 23.3 Å². The summed E-state index contributed by atoms with van der Waals surface area (Å²) in [7, 11) is 0. The molecular formula is C18H42O3. The fourth-order valence-corrected chi connectivity index (χ4v) is 0.352. The normalized spacial score (nSPS) is 7.33. The summed E-state index contributed by atoms with van der Waals surface area (Å²) in [6.45, 7) is 17.3. The predicted molar refractivity (Wildman–Crippen MR) is 95.9 cm³/mol. The zero-order valence-electron chi connectivity index (χ0n) is 16.2. The van der Waals surface area contributed by atoms with E-state index in [1.807, 2.05) is 20.8 Å². The maximum atomic E-state index is 10.0. The molecule has 0 saturated heterocycles. The zero-order valence-corrected chi connectivity index (χ0v) is 16.2. The van der Waals surface area contributed by atoms with Crippen molar-refractivity contribution in [2.45, 2.75) is 101 Å². The molecule has 0 heterocycles. The fraction of sp³-hybridized carbons (Fsp3) is 0.889. The van der Waals surface area contributed by atoms with Crippen LogP contribution in [-0.2, 0) is 9.59 Å². The molecular weight excluding hydrogens is 264 g/mol. The van der Waals surface area contributed by atoms with E-state index in [1.54, 1.807) is 6.92 Å². The topological polar surface area (TPSA) is 54.4 Å². The molecule has 0 atom stereocenters. The van der Waals surface area contributed by atoms with Gasteiger partial charge in [0.05, 0.1) is 0 Å². The molecule has 3 nitrogen and oxygen atoms in total. The molecule has 0 aliphatic rings. The molecule has 0 aliphatic heterocycles. The highest BCUT2D eigenvalue weighted by molar-refractivity contribution is 5.76. The lowest BCUT2D eigenvalue weighted by Crippen LogP contribution is -1.93. The summed E-state index contributed by atoms with van der Waals surface area (Å²) in [5.74, 6) is 0.0995. The van der Waals surface area contributed by atoms with E-state index in [2.05, 4.69) is 27.7 Å². The molecule has 21 heavy (non-hydrogen) atoms. The number of carbonyl (C=O) groups is 2. The van der Waals surface area contributed by atoms with Gasteiger partial charge in [-0.15, -0.1) is 0 Å². The molecule has 0 unspecified atom stereocenters. The Bertz CT molecular complexity index is 158. The van der Waals surface area contributed by atoms with Crippen LogP contribution in [0.2, 0.25) is 0 Å². The zero-order chi connectivity index (χ0) is 18.1. The van der Waals surface area contributed by atoms with Crippen LogP contribution < -0.4 is 0 Å². The van der Waals surface area contributed by atoms with Crippen molar-refractivity contribution in [1.82, 2.24) is 0 Å². The van der Waals surface area contributed by atoms with Gasteiger partial charge in [0.2, 0.25) is 0 Å². The summed E-state index contributed by atoms with van der Waals surface area (Å²) in [5, 5.41) is 7.79. The average Bonchev–Trinajstić information content (AvgIpc) is 2.50. The molecule has 0 saturated carbocycles. The molecule has 0 aromatic heterocycles. The lowest BCUT2D eigenvalue weighted by molar-refractivity contribution is -0.119. The first-order valence-corrected chi connectivity index (χ1v) is 8.47. The third-order valence-corrected chi connectivity index (χ3v) is 1.82. The van der Waals surface area contributed by atoms with Gasteiger partial charge in [0.15, 0.2) is 5.78 Å². The number of Topliss-reactive ketones (excluding diaryl/α,β-unsaturated/α-hetero) is 2. The smallest absolute Gasteiger partial charge is 0.155 e. The van der Waals surface area contributed by atoms with Crippen molar-refractivity contribution in [3.63, 3.8) is 0 Å². The molecule has 0 radical (unpaired) electrons. The van der Waals surface area contributed by atoms with E-state index >= 15 is 0 Å². The van der Waals surface area contributed by atoms with E-state index in [0.717, 1.165) is 12.8 Å². The van der Waals surface area contributed by atoms with Gasteiger partial charge in [-0.1, -0.05) is 74.1 Å². The molecule has 0 amide bonds. The minimum Gasteiger partial charge on any atom is -0.389 e. The Balaban J connectivity index is -0.0000000527. The van der Waals surface area contributed by atoms with Crippen LogP contribution >= 0.6 is 0 Å². The Labute approximate surface area is 134 Å². The first-order valence-electron chi connectivity index (χ1n) is 8.47. The molecule has 1 N–H and O–H groups in total. The Kier molecular flexibility index (Phi) is 65.7. The van der Waals surface area contributed by atoms with Crippen molar-refractivity contribution in [2.24, 2.45) is 0 Å². The Morgan fingerprint density at radius 1 is 0.667 bits per heavy atom. The summed E-state index contributed by atoms with van der Waals surface area (Å²) in [4.78, 5) is 19.6. The lowest BCUT2D eigenvalue weighted by Gasteiger charge is -1.80. The van der Waals surface area contributed by atoms with Crippen LogP contribution in [0.25, 0.3) is 0 Å². The van der Waals surface area contributed by atoms with Crippen molar-refractivity contribution < 1.29 is 14.7 Å². The highest BCUT2D eigenvalue weighted by atomic mass is 16.3. The van der Waals surface area contributed by atoms with E-state index < -0.39 is 0 Å². The van der Waals surface area contributed by atoms with Crippen LogP contribution in [0.15, 0.2) is 0 Å². The van der Waals surface area contributed by atoms with E-state index in [9.17, 15) is 9.59 Å². The average molecular weight is 307 g/mol. The summed E-state index contributed by atoms with van der Waals surface area (Å²) >= 11 is 0. The van der Waals surface area contributed by atoms with Gasteiger partial charge in [-0.05, 0) is 20.3 Å². The van der Waals surface area contributed by atoms with Gasteiger partial charge in [0.1, 0.15) is 12.4 Å². The van der Waals surface area contributed by atoms with E-state index in [1.165, 1.54) is 32.6 Å². The first kappa shape index (κ1) is 32.3. The van der Waals surface area contributed by atoms with Crippen LogP contribution in [0.5, 0.6) is 0 Å². The van der Waals surface area contributed by atoms with Crippen molar-refractivity contribution in [3.8, 4) is 0 Å². The number of ketones is 2. The Morgan fingerprint density at radius 2 is 0.905 bits per heavy atom. The van der Waals surface area contributed by atoms with Gasteiger partial charge in [-0.25, -0.2) is 0 Å². The van der Waals surface area contributed by atoms with Gasteiger partial charge in [-0.2, -0.15) is 0 Å². The second-order valence-electron chi connectivity index (χ2n) is 4.31. The number of aliphatic hydroxyl groups excluding tert-OH is 1. The number of aliphatic hydroxyl groups is 1. The van der Waals surface area contributed by atoms with Gasteiger partial charge in [-0.3, -0.25) is 4.79 Å². The fourth-order valence-electron chi connectivity index (χ4n) is 0.352. The lowest BCUT2D eigenvalue weighted by atomic mass is 10.3. The van der Waals surface area contributed by atoms with Crippen LogP contribution in [0.3, 0.4) is 0 Å². The third-order valence-electron chi connectivity index (χ3n) is 1.82. The summed E-state index contributed by atoms with van der Waals surface area (Å²) in [6, 6.07) is 0. The van der Waals surface area contributed by atoms with Crippen molar-refractivity contribution in [1.29, 1.82) is 0 Å². The van der Waals surface area contributed by atoms with Gasteiger partial charge < -0.3 is 9.90 Å². The standard InChI is InChI=1S/C5H10O.2C4H10.C3H6O2.C2H6/c1-3-4-5(2)6;2*1-3-4-2;1-3(5)2-4;1-2/h3-4H2,1-2H3;2*3-4H2,1-2H3;4H,2H2,1H3;1-2H3. The van der Waals surface area contributed by atoms with Gasteiger partial charge in [0.25, 0.3) is 0 Å². The SMILES string of the molecule is CC.CC(=O)CO.CCCC.CCCC.CCCC(C)=O. The quantitative estimate of drug-likeness (QED) is 0.721. The van der Waals surface area contributed by atoms with Crippen LogP contribution in [0.4, 0.5) is 0 Å². The maximum absolute atomic E-state index is 10.0. The molecule has 0 rings (SSSR count). The number of hydrogen-bond donors (Lipinski definition) is 1. The predicted octanol–water partition coefficient (Wildman–Crippen LogP) is 5.58. The molecule has 0 fully saturated rings. The second kappa shape index (κ2) is 42.7. The molecule has 0 aliphatic carbocycles. The minimum atomic E-state index is -0.333. The molecule has 0 spiro atoms. The molecule has 0 aromatic carbocycles.